The summed E-state index contributed by atoms with van der Waals surface area (Å²) in [7, 11) is 0. The van der Waals surface area contributed by atoms with Crippen LogP contribution in [0.1, 0.15) is 38.2 Å². The fourth-order valence-corrected chi connectivity index (χ4v) is 3.63. The second kappa shape index (κ2) is 6.80. The van der Waals surface area contributed by atoms with Crippen LogP contribution in [0.5, 0.6) is 5.75 Å². The van der Waals surface area contributed by atoms with E-state index in [9.17, 15) is 9.59 Å². The number of nitrogens with two attached hydrogens (primary N) is 2. The highest BCUT2D eigenvalue weighted by Gasteiger charge is 2.44. The SMILES string of the molecule is CC1(C)CC(=O)C2=C(C1)OC(N)=C(C(N)=O)[C@H]2c1ccc(OCC#N)cc1. The molecule has 4 N–H and O–H groups in total. The number of ether oxygens (including phenoxy) is 2. The first kappa shape index (κ1) is 18.5. The number of nitrogens with zero attached hydrogens (tertiary/aromatic N) is 1. The highest BCUT2D eigenvalue weighted by atomic mass is 16.5. The van der Waals surface area contributed by atoms with Crippen LogP contribution in [0.25, 0.3) is 0 Å². The van der Waals surface area contributed by atoms with E-state index in [1.54, 1.807) is 24.3 Å². The van der Waals surface area contributed by atoms with E-state index in [1.807, 2.05) is 19.9 Å². The van der Waals surface area contributed by atoms with Crippen molar-refractivity contribution < 1.29 is 19.1 Å². The van der Waals surface area contributed by atoms with Crippen molar-refractivity contribution in [1.29, 1.82) is 5.26 Å². The lowest BCUT2D eigenvalue weighted by atomic mass is 9.70. The molecule has 7 nitrogen and oxygen atoms in total. The zero-order chi connectivity index (χ0) is 19.8. The van der Waals surface area contributed by atoms with E-state index in [1.165, 1.54) is 0 Å². The fourth-order valence-electron chi connectivity index (χ4n) is 3.63. The summed E-state index contributed by atoms with van der Waals surface area (Å²) in [5, 5.41) is 8.61. The maximum absolute atomic E-state index is 12.9. The Balaban J connectivity index is 2.08. The molecule has 27 heavy (non-hydrogen) atoms. The van der Waals surface area contributed by atoms with Crippen LogP contribution in [-0.4, -0.2) is 18.3 Å². The van der Waals surface area contributed by atoms with Gasteiger partial charge in [0.15, 0.2) is 18.3 Å². The molecule has 0 radical (unpaired) electrons. The molecule has 0 unspecified atom stereocenters. The lowest BCUT2D eigenvalue weighted by molar-refractivity contribution is -0.119. The summed E-state index contributed by atoms with van der Waals surface area (Å²) in [6.07, 6.45) is 0.891. The molecule has 0 aromatic heterocycles. The molecule has 1 heterocycles. The molecule has 1 aliphatic carbocycles. The van der Waals surface area contributed by atoms with Gasteiger partial charge in [-0.1, -0.05) is 26.0 Å². The summed E-state index contributed by atoms with van der Waals surface area (Å²) >= 11 is 0. The van der Waals surface area contributed by atoms with Crippen molar-refractivity contribution in [3.63, 3.8) is 0 Å². The Kier molecular flexibility index (Phi) is 4.66. The number of amides is 1. The molecule has 1 aliphatic heterocycles. The molecule has 0 bridgehead atoms. The van der Waals surface area contributed by atoms with Crippen LogP contribution < -0.4 is 16.2 Å². The van der Waals surface area contributed by atoms with Crippen LogP contribution in [-0.2, 0) is 14.3 Å². The number of benzene rings is 1. The van der Waals surface area contributed by atoms with Gasteiger partial charge < -0.3 is 20.9 Å². The molecule has 0 saturated heterocycles. The molecule has 7 heteroatoms. The molecule has 0 fully saturated rings. The number of primary amides is 1. The predicted octanol–water partition coefficient (Wildman–Crippen LogP) is 2.00. The van der Waals surface area contributed by atoms with E-state index in [0.717, 1.165) is 0 Å². The lowest BCUT2D eigenvalue weighted by Gasteiger charge is -2.37. The smallest absolute Gasteiger partial charge is 0.250 e. The minimum Gasteiger partial charge on any atom is -0.479 e. The van der Waals surface area contributed by atoms with Gasteiger partial charge in [0.05, 0.1) is 11.5 Å². The fraction of sp³-hybridized carbons (Fsp3) is 0.350. The summed E-state index contributed by atoms with van der Waals surface area (Å²) in [6, 6.07) is 8.71. The Morgan fingerprint density at radius 2 is 2.00 bits per heavy atom. The van der Waals surface area contributed by atoms with Gasteiger partial charge in [-0.2, -0.15) is 5.26 Å². The number of hydrogen-bond acceptors (Lipinski definition) is 6. The zero-order valence-electron chi connectivity index (χ0n) is 15.2. The molecule has 3 rings (SSSR count). The van der Waals surface area contributed by atoms with Gasteiger partial charge in [0.2, 0.25) is 0 Å². The Bertz CT molecular complexity index is 904. The van der Waals surface area contributed by atoms with Crippen molar-refractivity contribution >= 4 is 11.7 Å². The number of hydrogen-bond donors (Lipinski definition) is 2. The number of rotatable bonds is 4. The van der Waals surface area contributed by atoms with Crippen molar-refractivity contribution in [2.45, 2.75) is 32.6 Å². The van der Waals surface area contributed by atoms with Crippen molar-refractivity contribution in [1.82, 2.24) is 0 Å². The summed E-state index contributed by atoms with van der Waals surface area (Å²) in [5.74, 6) is -0.556. The van der Waals surface area contributed by atoms with Crippen LogP contribution in [0.2, 0.25) is 0 Å². The Labute approximate surface area is 157 Å². The predicted molar refractivity (Wildman–Crippen MR) is 96.8 cm³/mol. The molecule has 0 spiro atoms. The normalized spacial score (nSPS) is 21.2. The molecule has 1 atom stereocenters. The van der Waals surface area contributed by atoms with Gasteiger partial charge in [-0.25, -0.2) is 0 Å². The van der Waals surface area contributed by atoms with E-state index < -0.39 is 11.8 Å². The minimum atomic E-state index is -0.730. The molecular formula is C20H21N3O4. The first-order valence-electron chi connectivity index (χ1n) is 8.57. The van der Waals surface area contributed by atoms with Crippen molar-refractivity contribution in [3.8, 4) is 11.8 Å². The van der Waals surface area contributed by atoms with E-state index >= 15 is 0 Å². The topological polar surface area (TPSA) is 128 Å². The largest absolute Gasteiger partial charge is 0.479 e. The highest BCUT2D eigenvalue weighted by molar-refractivity contribution is 6.04. The summed E-state index contributed by atoms with van der Waals surface area (Å²) in [4.78, 5) is 25.0. The standard InChI is InChI=1S/C20H21N3O4/c1-20(2)9-13(24)16-14(10-20)27-19(23)17(18(22)25)15(16)11-3-5-12(6-4-11)26-8-7-21/h3-6,15H,8-10,23H2,1-2H3,(H2,22,25)/t15-/m0/s1. The van der Waals surface area contributed by atoms with Gasteiger partial charge in [-0.05, 0) is 23.1 Å². The first-order valence-corrected chi connectivity index (χ1v) is 8.57. The van der Waals surface area contributed by atoms with E-state index in [0.29, 0.717) is 35.5 Å². The lowest BCUT2D eigenvalue weighted by Crippen LogP contribution is -2.36. The van der Waals surface area contributed by atoms with Crippen LogP contribution >= 0.6 is 0 Å². The van der Waals surface area contributed by atoms with Crippen LogP contribution in [0.4, 0.5) is 0 Å². The average Bonchev–Trinajstić information content (AvgIpc) is 2.57. The Morgan fingerprint density at radius 3 is 2.59 bits per heavy atom. The first-order chi connectivity index (χ1) is 12.7. The maximum atomic E-state index is 12.9. The molecule has 1 amide bonds. The third kappa shape index (κ3) is 3.51. The summed E-state index contributed by atoms with van der Waals surface area (Å²) in [5.41, 5.74) is 12.5. The molecule has 0 saturated carbocycles. The number of Topliss-reactive ketones (excluding diaryl/α,β-unsaturated/α-hetero) is 1. The highest BCUT2D eigenvalue weighted by Crippen LogP contribution is 2.48. The van der Waals surface area contributed by atoms with Crippen LogP contribution in [0, 0.1) is 16.7 Å². The number of carbonyl (C=O) groups excluding carboxylic acids is 2. The second-order valence-electron chi connectivity index (χ2n) is 7.47. The molecular weight excluding hydrogens is 346 g/mol. The maximum Gasteiger partial charge on any atom is 0.250 e. The average molecular weight is 367 g/mol. The van der Waals surface area contributed by atoms with Crippen molar-refractivity contribution in [2.75, 3.05) is 6.61 Å². The van der Waals surface area contributed by atoms with E-state index in [2.05, 4.69) is 0 Å². The van der Waals surface area contributed by atoms with Gasteiger partial charge in [0, 0.05) is 18.4 Å². The number of nitriles is 1. The third-order valence-corrected chi connectivity index (χ3v) is 4.74. The summed E-state index contributed by atoms with van der Waals surface area (Å²) in [6.45, 7) is 3.90. The number of carbonyl (C=O) groups is 2. The third-order valence-electron chi connectivity index (χ3n) is 4.74. The molecule has 1 aromatic carbocycles. The van der Waals surface area contributed by atoms with Crippen LogP contribution in [0.15, 0.2) is 47.1 Å². The molecule has 1 aromatic rings. The monoisotopic (exact) mass is 367 g/mol. The molecule has 140 valence electrons. The Morgan fingerprint density at radius 1 is 1.33 bits per heavy atom. The van der Waals surface area contributed by atoms with E-state index in [4.69, 9.17) is 26.2 Å². The quantitative estimate of drug-likeness (QED) is 0.837. The van der Waals surface area contributed by atoms with Gasteiger partial charge in [-0.3, -0.25) is 9.59 Å². The van der Waals surface area contributed by atoms with Gasteiger partial charge in [-0.15, -0.1) is 0 Å². The van der Waals surface area contributed by atoms with Crippen molar-refractivity contribution in [3.05, 3.63) is 52.6 Å². The summed E-state index contributed by atoms with van der Waals surface area (Å²) < 4.78 is 10.9. The van der Waals surface area contributed by atoms with Gasteiger partial charge in [0.1, 0.15) is 17.6 Å². The van der Waals surface area contributed by atoms with Crippen molar-refractivity contribution in [2.24, 2.45) is 16.9 Å². The second-order valence-corrected chi connectivity index (χ2v) is 7.47. The van der Waals surface area contributed by atoms with E-state index in [-0.39, 0.29) is 29.3 Å². The minimum absolute atomic E-state index is 0.0680. The van der Waals surface area contributed by atoms with Gasteiger partial charge in [0.25, 0.3) is 5.91 Å². The number of allylic oxidation sites excluding steroid dienone is 2. The Hall–Kier alpha value is -3.27. The van der Waals surface area contributed by atoms with Gasteiger partial charge >= 0.3 is 0 Å². The van der Waals surface area contributed by atoms with Crippen LogP contribution in [0.3, 0.4) is 0 Å². The zero-order valence-corrected chi connectivity index (χ0v) is 15.2. The number of ketones is 1. The molecule has 2 aliphatic rings.